The Morgan fingerprint density at radius 3 is 2.00 bits per heavy atom. The molecule has 1 aromatic rings. The first-order valence-corrected chi connectivity index (χ1v) is 4.20. The van der Waals surface area contributed by atoms with Gasteiger partial charge >= 0.3 is 6.36 Å². The van der Waals surface area contributed by atoms with Gasteiger partial charge in [0.15, 0.2) is 5.78 Å². The molecule has 0 spiro atoms. The van der Waals surface area contributed by atoms with Crippen LogP contribution in [0.4, 0.5) is 13.2 Å². The topological polar surface area (TPSA) is 43.4 Å². The summed E-state index contributed by atoms with van der Waals surface area (Å²) in [5.74, 6) is -1.87. The van der Waals surface area contributed by atoms with Gasteiger partial charge < -0.3 is 4.74 Å². The molecule has 86 valence electrons. The third-order valence-corrected chi connectivity index (χ3v) is 1.67. The standard InChI is InChI=1S/C10H7F3O3/c1-6(14)9(15)7-2-4-8(5-3-7)16-10(11,12)13/h2-5H,1H3. The second-order valence-corrected chi connectivity index (χ2v) is 2.96. The molecule has 16 heavy (non-hydrogen) atoms. The van der Waals surface area contributed by atoms with Crippen LogP contribution in [0.2, 0.25) is 0 Å². The van der Waals surface area contributed by atoms with Gasteiger partial charge in [-0.3, -0.25) is 9.59 Å². The molecule has 0 aromatic heterocycles. The van der Waals surface area contributed by atoms with Gasteiger partial charge in [0.05, 0.1) is 0 Å². The normalized spacial score (nSPS) is 11.0. The van der Waals surface area contributed by atoms with Gasteiger partial charge in [0.2, 0.25) is 5.78 Å². The lowest BCUT2D eigenvalue weighted by Crippen LogP contribution is -2.17. The van der Waals surface area contributed by atoms with Crippen molar-refractivity contribution in [1.82, 2.24) is 0 Å². The molecule has 0 atom stereocenters. The maximum absolute atomic E-state index is 11.8. The molecule has 0 fully saturated rings. The van der Waals surface area contributed by atoms with Crippen molar-refractivity contribution in [2.45, 2.75) is 13.3 Å². The zero-order chi connectivity index (χ0) is 12.3. The summed E-state index contributed by atoms with van der Waals surface area (Å²) in [4.78, 5) is 21.8. The summed E-state index contributed by atoms with van der Waals surface area (Å²) >= 11 is 0. The van der Waals surface area contributed by atoms with Crippen molar-refractivity contribution in [3.63, 3.8) is 0 Å². The minimum absolute atomic E-state index is 0.0297. The molecule has 0 saturated heterocycles. The molecule has 0 bridgehead atoms. The number of alkyl halides is 3. The zero-order valence-corrected chi connectivity index (χ0v) is 8.17. The first kappa shape index (κ1) is 12.2. The van der Waals surface area contributed by atoms with Gasteiger partial charge in [-0.1, -0.05) is 0 Å². The Kier molecular flexibility index (Phi) is 3.31. The van der Waals surface area contributed by atoms with Gasteiger partial charge in [0, 0.05) is 12.5 Å². The third kappa shape index (κ3) is 3.38. The van der Waals surface area contributed by atoms with E-state index in [9.17, 15) is 22.8 Å². The summed E-state index contributed by atoms with van der Waals surface area (Å²) in [7, 11) is 0. The van der Waals surface area contributed by atoms with Crippen molar-refractivity contribution in [1.29, 1.82) is 0 Å². The summed E-state index contributed by atoms with van der Waals surface area (Å²) in [5.41, 5.74) is 0.0297. The van der Waals surface area contributed by atoms with Crippen molar-refractivity contribution in [2.75, 3.05) is 0 Å². The van der Waals surface area contributed by atoms with Gasteiger partial charge in [-0.2, -0.15) is 0 Å². The van der Waals surface area contributed by atoms with Crippen LogP contribution in [0.1, 0.15) is 17.3 Å². The number of halogens is 3. The quantitative estimate of drug-likeness (QED) is 0.593. The number of Topliss-reactive ketones (excluding diaryl/α,β-unsaturated/α-hetero) is 2. The number of hydrogen-bond donors (Lipinski definition) is 0. The summed E-state index contributed by atoms with van der Waals surface area (Å²) in [5, 5.41) is 0. The molecule has 0 aliphatic carbocycles. The van der Waals surface area contributed by atoms with E-state index in [0.29, 0.717) is 0 Å². The maximum atomic E-state index is 11.8. The van der Waals surface area contributed by atoms with E-state index >= 15 is 0 Å². The van der Waals surface area contributed by atoms with Crippen LogP contribution in [0.3, 0.4) is 0 Å². The number of rotatable bonds is 3. The maximum Gasteiger partial charge on any atom is 0.573 e. The number of ketones is 2. The Morgan fingerprint density at radius 1 is 1.12 bits per heavy atom. The molecule has 0 saturated carbocycles. The van der Waals surface area contributed by atoms with Crippen LogP contribution in [-0.4, -0.2) is 17.9 Å². The second kappa shape index (κ2) is 4.34. The van der Waals surface area contributed by atoms with Gasteiger partial charge in [0.25, 0.3) is 0 Å². The van der Waals surface area contributed by atoms with Crippen molar-refractivity contribution in [3.05, 3.63) is 29.8 Å². The molecular formula is C10H7F3O3. The Hall–Kier alpha value is -1.85. The average Bonchev–Trinajstić information content (AvgIpc) is 2.15. The summed E-state index contributed by atoms with van der Waals surface area (Å²) in [6, 6.07) is 4.16. The largest absolute Gasteiger partial charge is 0.573 e. The Morgan fingerprint density at radius 2 is 1.62 bits per heavy atom. The molecule has 0 heterocycles. The summed E-state index contributed by atoms with van der Waals surface area (Å²) in [6.07, 6.45) is -4.77. The summed E-state index contributed by atoms with van der Waals surface area (Å²) < 4.78 is 39.0. The lowest BCUT2D eigenvalue weighted by atomic mass is 10.1. The van der Waals surface area contributed by atoms with E-state index < -0.39 is 23.7 Å². The van der Waals surface area contributed by atoms with E-state index in [2.05, 4.69) is 4.74 Å². The van der Waals surface area contributed by atoms with E-state index in [1.807, 2.05) is 0 Å². The van der Waals surface area contributed by atoms with E-state index in [4.69, 9.17) is 0 Å². The van der Waals surface area contributed by atoms with Crippen LogP contribution in [-0.2, 0) is 4.79 Å². The van der Waals surface area contributed by atoms with Crippen LogP contribution < -0.4 is 4.74 Å². The predicted molar refractivity (Wildman–Crippen MR) is 48.1 cm³/mol. The van der Waals surface area contributed by atoms with Gasteiger partial charge in [-0.15, -0.1) is 13.2 Å². The zero-order valence-electron chi connectivity index (χ0n) is 8.17. The average molecular weight is 232 g/mol. The molecule has 3 nitrogen and oxygen atoms in total. The minimum Gasteiger partial charge on any atom is -0.406 e. The third-order valence-electron chi connectivity index (χ3n) is 1.67. The van der Waals surface area contributed by atoms with Gasteiger partial charge in [0.1, 0.15) is 5.75 Å². The molecule has 0 amide bonds. The number of hydrogen-bond acceptors (Lipinski definition) is 3. The van der Waals surface area contributed by atoms with E-state index in [-0.39, 0.29) is 5.56 Å². The molecule has 1 rings (SSSR count). The molecular weight excluding hydrogens is 225 g/mol. The van der Waals surface area contributed by atoms with Crippen molar-refractivity contribution in [2.24, 2.45) is 0 Å². The van der Waals surface area contributed by atoms with Crippen LogP contribution in [0.25, 0.3) is 0 Å². The lowest BCUT2D eigenvalue weighted by Gasteiger charge is -2.08. The Bertz CT molecular complexity index is 406. The SMILES string of the molecule is CC(=O)C(=O)c1ccc(OC(F)(F)F)cc1. The van der Waals surface area contributed by atoms with Crippen molar-refractivity contribution < 1.29 is 27.5 Å². The van der Waals surface area contributed by atoms with Crippen LogP contribution >= 0.6 is 0 Å². The lowest BCUT2D eigenvalue weighted by molar-refractivity contribution is -0.274. The molecule has 0 N–H and O–H groups in total. The van der Waals surface area contributed by atoms with Gasteiger partial charge in [-0.25, -0.2) is 0 Å². The van der Waals surface area contributed by atoms with E-state index in [1.165, 1.54) is 0 Å². The highest BCUT2D eigenvalue weighted by atomic mass is 19.4. The van der Waals surface area contributed by atoms with Crippen molar-refractivity contribution in [3.8, 4) is 5.75 Å². The Labute approximate surface area is 88.8 Å². The number of ether oxygens (including phenoxy) is 1. The highest BCUT2D eigenvalue weighted by Crippen LogP contribution is 2.22. The number of carbonyl (C=O) groups is 2. The highest BCUT2D eigenvalue weighted by Gasteiger charge is 2.31. The molecule has 0 radical (unpaired) electrons. The van der Waals surface area contributed by atoms with Crippen LogP contribution in [0.15, 0.2) is 24.3 Å². The minimum atomic E-state index is -4.77. The molecule has 0 unspecified atom stereocenters. The molecule has 1 aromatic carbocycles. The first-order chi connectivity index (χ1) is 7.29. The number of carbonyl (C=O) groups excluding carboxylic acids is 2. The van der Waals surface area contributed by atoms with Gasteiger partial charge in [-0.05, 0) is 24.3 Å². The van der Waals surface area contributed by atoms with E-state index in [0.717, 1.165) is 31.2 Å². The monoisotopic (exact) mass is 232 g/mol. The fraction of sp³-hybridized carbons (Fsp3) is 0.200. The predicted octanol–water partition coefficient (Wildman–Crippen LogP) is 2.36. The van der Waals surface area contributed by atoms with Crippen LogP contribution in [0, 0.1) is 0 Å². The fourth-order valence-corrected chi connectivity index (χ4v) is 1.01. The smallest absolute Gasteiger partial charge is 0.406 e. The molecule has 6 heteroatoms. The highest BCUT2D eigenvalue weighted by molar-refractivity contribution is 6.42. The summed E-state index contributed by atoms with van der Waals surface area (Å²) in [6.45, 7) is 1.09. The number of benzene rings is 1. The fourth-order valence-electron chi connectivity index (χ4n) is 1.01. The van der Waals surface area contributed by atoms with E-state index in [1.54, 1.807) is 0 Å². The second-order valence-electron chi connectivity index (χ2n) is 2.96. The van der Waals surface area contributed by atoms with Crippen LogP contribution in [0.5, 0.6) is 5.75 Å². The first-order valence-electron chi connectivity index (χ1n) is 4.20. The Balaban J connectivity index is 2.84. The molecule has 0 aliphatic heterocycles. The molecule has 0 aliphatic rings. The van der Waals surface area contributed by atoms with Crippen molar-refractivity contribution >= 4 is 11.6 Å².